The molecule has 0 unspecified atom stereocenters. The zero-order valence-corrected chi connectivity index (χ0v) is 14.8. The van der Waals surface area contributed by atoms with Gasteiger partial charge in [-0.25, -0.2) is 4.98 Å². The number of aryl methyl sites for hydroxylation is 2. The molecule has 2 aromatic heterocycles. The summed E-state index contributed by atoms with van der Waals surface area (Å²) in [6, 6.07) is 10.7. The lowest BCUT2D eigenvalue weighted by atomic mass is 10.2. The first-order valence-corrected chi connectivity index (χ1v) is 8.93. The van der Waals surface area contributed by atoms with E-state index < -0.39 is 0 Å². The van der Waals surface area contributed by atoms with Gasteiger partial charge in [-0.1, -0.05) is 12.1 Å². The molecule has 0 aliphatic heterocycles. The SMILES string of the molecule is Cc1nc(C)c(C(=O)Nc2cccc(NC(=O)c3cccs3)c2)s1. The van der Waals surface area contributed by atoms with Gasteiger partial charge in [0.2, 0.25) is 0 Å². The number of amides is 2. The average Bonchev–Trinajstić information content (AvgIpc) is 3.17. The van der Waals surface area contributed by atoms with Gasteiger partial charge >= 0.3 is 0 Å². The summed E-state index contributed by atoms with van der Waals surface area (Å²) in [5.74, 6) is -0.359. The Morgan fingerprint density at radius 3 is 2.29 bits per heavy atom. The molecule has 2 heterocycles. The van der Waals surface area contributed by atoms with Gasteiger partial charge in [-0.05, 0) is 43.5 Å². The van der Waals surface area contributed by atoms with Crippen molar-refractivity contribution in [1.82, 2.24) is 4.98 Å². The van der Waals surface area contributed by atoms with Crippen LogP contribution >= 0.6 is 22.7 Å². The van der Waals surface area contributed by atoms with Crippen molar-refractivity contribution in [1.29, 1.82) is 0 Å². The molecule has 2 amide bonds. The first-order chi connectivity index (χ1) is 11.5. The fraction of sp³-hybridized carbons (Fsp3) is 0.118. The molecule has 0 bridgehead atoms. The van der Waals surface area contributed by atoms with Crippen molar-refractivity contribution in [3.63, 3.8) is 0 Å². The molecule has 0 radical (unpaired) electrons. The predicted octanol–water partition coefficient (Wildman–Crippen LogP) is 4.33. The molecular weight excluding hydrogens is 342 g/mol. The number of aromatic nitrogens is 1. The van der Waals surface area contributed by atoms with E-state index in [1.807, 2.05) is 25.3 Å². The van der Waals surface area contributed by atoms with Crippen LogP contribution < -0.4 is 10.6 Å². The zero-order valence-electron chi connectivity index (χ0n) is 13.1. The minimum atomic E-state index is -0.195. The lowest BCUT2D eigenvalue weighted by Gasteiger charge is -2.08. The van der Waals surface area contributed by atoms with Gasteiger partial charge in [-0.3, -0.25) is 9.59 Å². The van der Waals surface area contributed by atoms with Crippen LogP contribution in [0, 0.1) is 13.8 Å². The second kappa shape index (κ2) is 6.94. The van der Waals surface area contributed by atoms with E-state index in [-0.39, 0.29) is 11.8 Å². The van der Waals surface area contributed by atoms with Gasteiger partial charge in [0, 0.05) is 11.4 Å². The Kier molecular flexibility index (Phi) is 4.73. The highest BCUT2D eigenvalue weighted by atomic mass is 32.1. The Labute approximate surface area is 147 Å². The first-order valence-electron chi connectivity index (χ1n) is 7.23. The number of anilines is 2. The summed E-state index contributed by atoms with van der Waals surface area (Å²) in [6.45, 7) is 3.69. The molecule has 2 N–H and O–H groups in total. The molecule has 0 fully saturated rings. The molecule has 3 rings (SSSR count). The summed E-state index contributed by atoms with van der Waals surface area (Å²) >= 11 is 2.74. The number of carbonyl (C=O) groups excluding carboxylic acids is 2. The van der Waals surface area contributed by atoms with Crippen LogP contribution in [0.4, 0.5) is 11.4 Å². The quantitative estimate of drug-likeness (QED) is 0.730. The molecule has 0 atom stereocenters. The maximum Gasteiger partial charge on any atom is 0.267 e. The van der Waals surface area contributed by atoms with E-state index in [0.29, 0.717) is 21.1 Å². The monoisotopic (exact) mass is 357 g/mol. The van der Waals surface area contributed by atoms with Gasteiger partial charge in [0.15, 0.2) is 0 Å². The summed E-state index contributed by atoms with van der Waals surface area (Å²) in [4.78, 5) is 29.9. The molecule has 5 nitrogen and oxygen atoms in total. The highest BCUT2D eigenvalue weighted by molar-refractivity contribution is 7.13. The Morgan fingerprint density at radius 1 is 1.00 bits per heavy atom. The van der Waals surface area contributed by atoms with Crippen molar-refractivity contribution >= 4 is 45.9 Å². The maximum absolute atomic E-state index is 12.3. The van der Waals surface area contributed by atoms with Crippen LogP contribution in [0.2, 0.25) is 0 Å². The smallest absolute Gasteiger partial charge is 0.267 e. The third-order valence-corrected chi connectivity index (χ3v) is 5.17. The minimum Gasteiger partial charge on any atom is -0.321 e. The van der Waals surface area contributed by atoms with Gasteiger partial charge in [-0.15, -0.1) is 22.7 Å². The van der Waals surface area contributed by atoms with Gasteiger partial charge in [0.25, 0.3) is 11.8 Å². The van der Waals surface area contributed by atoms with Crippen LogP contribution in [0.15, 0.2) is 41.8 Å². The number of carbonyl (C=O) groups is 2. The number of thiophene rings is 1. The summed E-state index contributed by atoms with van der Waals surface area (Å²) < 4.78 is 0. The number of thiazole rings is 1. The molecule has 3 aromatic rings. The Bertz CT molecular complexity index is 885. The van der Waals surface area contributed by atoms with E-state index in [1.165, 1.54) is 22.7 Å². The van der Waals surface area contributed by atoms with Crippen LogP contribution in [0.25, 0.3) is 0 Å². The molecule has 1 aromatic carbocycles. The second-order valence-corrected chi connectivity index (χ2v) is 7.26. The number of hydrogen-bond donors (Lipinski definition) is 2. The van der Waals surface area contributed by atoms with E-state index in [9.17, 15) is 9.59 Å². The molecule has 0 aliphatic rings. The van der Waals surface area contributed by atoms with E-state index >= 15 is 0 Å². The van der Waals surface area contributed by atoms with Crippen molar-refractivity contribution in [3.05, 3.63) is 62.2 Å². The van der Waals surface area contributed by atoms with Crippen LogP contribution in [-0.2, 0) is 0 Å². The number of benzene rings is 1. The summed E-state index contributed by atoms with van der Waals surface area (Å²) in [5.41, 5.74) is 1.97. The van der Waals surface area contributed by atoms with E-state index in [4.69, 9.17) is 0 Å². The molecular formula is C17H15N3O2S2. The van der Waals surface area contributed by atoms with Crippen molar-refractivity contribution in [2.75, 3.05) is 10.6 Å². The minimum absolute atomic E-state index is 0.164. The number of nitrogens with zero attached hydrogens (tertiary/aromatic N) is 1. The van der Waals surface area contributed by atoms with Crippen LogP contribution in [-0.4, -0.2) is 16.8 Å². The molecule has 0 spiro atoms. The molecule has 122 valence electrons. The largest absolute Gasteiger partial charge is 0.321 e. The lowest BCUT2D eigenvalue weighted by Crippen LogP contribution is -2.13. The summed E-state index contributed by atoms with van der Waals surface area (Å²) in [7, 11) is 0. The van der Waals surface area contributed by atoms with Crippen molar-refractivity contribution in [2.24, 2.45) is 0 Å². The van der Waals surface area contributed by atoms with E-state index in [1.54, 1.807) is 30.3 Å². The van der Waals surface area contributed by atoms with Crippen molar-refractivity contribution in [3.8, 4) is 0 Å². The van der Waals surface area contributed by atoms with Crippen molar-refractivity contribution in [2.45, 2.75) is 13.8 Å². The molecule has 24 heavy (non-hydrogen) atoms. The topological polar surface area (TPSA) is 71.1 Å². The zero-order chi connectivity index (χ0) is 17.1. The molecule has 7 heteroatoms. The number of hydrogen-bond acceptors (Lipinski definition) is 5. The molecule has 0 saturated carbocycles. The van der Waals surface area contributed by atoms with Crippen LogP contribution in [0.5, 0.6) is 0 Å². The molecule has 0 saturated heterocycles. The number of nitrogens with one attached hydrogen (secondary N) is 2. The normalized spacial score (nSPS) is 10.4. The second-order valence-electron chi connectivity index (χ2n) is 5.11. The predicted molar refractivity (Wildman–Crippen MR) is 98.3 cm³/mol. The highest BCUT2D eigenvalue weighted by Crippen LogP contribution is 2.21. The van der Waals surface area contributed by atoms with Crippen molar-refractivity contribution < 1.29 is 9.59 Å². The van der Waals surface area contributed by atoms with Crippen LogP contribution in [0.1, 0.15) is 30.0 Å². The third-order valence-electron chi connectivity index (χ3n) is 3.23. The standard InChI is InChI=1S/C17H15N3O2S2/c1-10-15(24-11(2)18-10)17(22)20-13-6-3-5-12(9-13)19-16(21)14-7-4-8-23-14/h3-9H,1-2H3,(H,19,21)(H,20,22). The summed E-state index contributed by atoms with van der Waals surface area (Å²) in [5, 5.41) is 8.38. The summed E-state index contributed by atoms with van der Waals surface area (Å²) in [6.07, 6.45) is 0. The fourth-order valence-electron chi connectivity index (χ4n) is 2.20. The van der Waals surface area contributed by atoms with Gasteiger partial charge in [-0.2, -0.15) is 0 Å². The lowest BCUT2D eigenvalue weighted by molar-refractivity contribution is 0.102. The van der Waals surface area contributed by atoms with Gasteiger partial charge < -0.3 is 10.6 Å². The van der Waals surface area contributed by atoms with Gasteiger partial charge in [0.05, 0.1) is 15.6 Å². The van der Waals surface area contributed by atoms with E-state index in [2.05, 4.69) is 15.6 Å². The fourth-order valence-corrected chi connectivity index (χ4v) is 3.64. The maximum atomic E-state index is 12.3. The Morgan fingerprint density at radius 2 is 1.71 bits per heavy atom. The van der Waals surface area contributed by atoms with Crippen LogP contribution in [0.3, 0.4) is 0 Å². The average molecular weight is 357 g/mol. The Balaban J connectivity index is 1.72. The Hall–Kier alpha value is -2.51. The van der Waals surface area contributed by atoms with Gasteiger partial charge in [0.1, 0.15) is 4.88 Å². The highest BCUT2D eigenvalue weighted by Gasteiger charge is 2.14. The molecule has 0 aliphatic carbocycles. The third kappa shape index (κ3) is 3.69. The van der Waals surface area contributed by atoms with E-state index in [0.717, 1.165) is 10.7 Å². The first kappa shape index (κ1) is 16.4. The number of rotatable bonds is 4.